The second-order valence-corrected chi connectivity index (χ2v) is 33.6. The molecule has 0 saturated carbocycles. The van der Waals surface area contributed by atoms with Gasteiger partial charge in [-0.3, -0.25) is 0 Å². The van der Waals surface area contributed by atoms with E-state index in [9.17, 15) is 0 Å². The van der Waals surface area contributed by atoms with Gasteiger partial charge in [0, 0.05) is 101 Å². The summed E-state index contributed by atoms with van der Waals surface area (Å²) in [6.07, 6.45) is 37.0. The molecule has 0 saturated heterocycles. The lowest BCUT2D eigenvalue weighted by Crippen LogP contribution is -2.31. The zero-order valence-electron chi connectivity index (χ0n) is 67.5. The first-order chi connectivity index (χ1) is 53.2. The van der Waals surface area contributed by atoms with Gasteiger partial charge in [-0.2, -0.15) is 0 Å². The molecule has 0 amide bonds. The Labute approximate surface area is 648 Å². The number of hydrogen-bond acceptors (Lipinski definition) is 0. The van der Waals surface area contributed by atoms with E-state index in [-0.39, 0.29) is 16.2 Å². The largest absolute Gasteiger partial charge is 0.341 e. The SMILES string of the molecule is CCCCCCC1(CCCCCC)c2cc(-c3ccc4c(c3)c3ccccc3n4CC)ccc2-c2c1c1c(c3c2C(CCCCCC)(CCCCCC)c2cc(-c4ccc5c(c4)c4ccccc4n5CC)ccc2-3)C(CCCCCC)(CCCCCC)c2cc(-c3ccc4c(c3)c3ccccc3n4CC)ccc2-1. The van der Waals surface area contributed by atoms with Gasteiger partial charge in [0.15, 0.2) is 0 Å². The van der Waals surface area contributed by atoms with E-state index >= 15 is 0 Å². The number of aromatic nitrogens is 3. The maximum Gasteiger partial charge on any atom is 0.0491 e. The van der Waals surface area contributed by atoms with Crippen molar-refractivity contribution in [3.8, 4) is 66.8 Å². The lowest BCUT2D eigenvalue weighted by atomic mass is 9.63. The monoisotopic (exact) mass is 1430 g/mol. The smallest absolute Gasteiger partial charge is 0.0491 e. The summed E-state index contributed by atoms with van der Waals surface area (Å²) >= 11 is 0. The zero-order valence-corrected chi connectivity index (χ0v) is 67.5. The molecule has 10 aromatic carbocycles. The summed E-state index contributed by atoms with van der Waals surface area (Å²) in [5, 5.41) is 8.18. The molecule has 3 aliphatic carbocycles. The fourth-order valence-corrected chi connectivity index (χ4v) is 22.2. The molecule has 0 bridgehead atoms. The first kappa shape index (κ1) is 73.7. The van der Waals surface area contributed by atoms with Crippen LogP contribution in [0, 0.1) is 0 Å². The molecule has 0 N–H and O–H groups in total. The second-order valence-electron chi connectivity index (χ2n) is 33.6. The van der Waals surface area contributed by atoms with Crippen LogP contribution in [0.15, 0.2) is 182 Å². The second kappa shape index (κ2) is 31.9. The van der Waals surface area contributed by atoms with Crippen LogP contribution in [0.2, 0.25) is 0 Å². The summed E-state index contributed by atoms with van der Waals surface area (Å²) in [7, 11) is 0. The van der Waals surface area contributed by atoms with Crippen LogP contribution in [-0.2, 0) is 35.9 Å². The molecule has 0 spiro atoms. The van der Waals surface area contributed by atoms with Gasteiger partial charge < -0.3 is 13.7 Å². The van der Waals surface area contributed by atoms with Crippen molar-refractivity contribution in [3.05, 3.63) is 215 Å². The fraction of sp³-hybridized carbons (Fsp3) is 0.429. The van der Waals surface area contributed by atoms with Crippen LogP contribution < -0.4 is 0 Å². The molecule has 108 heavy (non-hydrogen) atoms. The van der Waals surface area contributed by atoms with Crippen LogP contribution in [0.3, 0.4) is 0 Å². The van der Waals surface area contributed by atoms with Crippen molar-refractivity contribution in [2.75, 3.05) is 0 Å². The van der Waals surface area contributed by atoms with Crippen LogP contribution in [0.5, 0.6) is 0 Å². The van der Waals surface area contributed by atoms with Gasteiger partial charge in [0.2, 0.25) is 0 Å². The van der Waals surface area contributed by atoms with Gasteiger partial charge in [0.25, 0.3) is 0 Å². The Kier molecular flexibility index (Phi) is 21.8. The minimum Gasteiger partial charge on any atom is -0.341 e. The van der Waals surface area contributed by atoms with E-state index in [0.29, 0.717) is 0 Å². The van der Waals surface area contributed by atoms with Gasteiger partial charge in [-0.25, -0.2) is 0 Å². The molecule has 0 unspecified atom stereocenters. The topological polar surface area (TPSA) is 14.8 Å². The van der Waals surface area contributed by atoms with Crippen LogP contribution in [-0.4, -0.2) is 13.7 Å². The Morgan fingerprint density at radius 1 is 0.213 bits per heavy atom. The average Bonchev–Trinajstić information content (AvgIpc) is 1.48. The van der Waals surface area contributed by atoms with E-state index in [1.807, 2.05) is 0 Å². The molecule has 13 aromatic rings. The Hall–Kier alpha value is -8.40. The number of benzene rings is 10. The third-order valence-corrected chi connectivity index (χ3v) is 27.4. The lowest BCUT2D eigenvalue weighted by molar-refractivity contribution is 0.389. The molecule has 3 heteroatoms. The van der Waals surface area contributed by atoms with Gasteiger partial charge in [-0.1, -0.05) is 305 Å². The van der Waals surface area contributed by atoms with Crippen LogP contribution in [0.25, 0.3) is 132 Å². The molecule has 3 aromatic heterocycles. The van der Waals surface area contributed by atoms with Gasteiger partial charge in [0.1, 0.15) is 0 Å². The van der Waals surface area contributed by atoms with Crippen LogP contribution in [0.4, 0.5) is 0 Å². The summed E-state index contributed by atoms with van der Waals surface area (Å²) in [5.74, 6) is 0. The number of rotatable bonds is 36. The van der Waals surface area contributed by atoms with E-state index in [1.54, 1.807) is 66.8 Å². The van der Waals surface area contributed by atoms with Crippen molar-refractivity contribution in [1.82, 2.24) is 13.7 Å². The van der Waals surface area contributed by atoms with Crippen LogP contribution >= 0.6 is 0 Å². The van der Waals surface area contributed by atoms with E-state index < -0.39 is 0 Å². The van der Waals surface area contributed by atoms with Gasteiger partial charge in [-0.05, 0) is 232 Å². The first-order valence-corrected chi connectivity index (χ1v) is 43.9. The summed E-state index contributed by atoms with van der Waals surface area (Å²) in [4.78, 5) is 0. The molecule has 3 aliphatic rings. The van der Waals surface area contributed by atoms with E-state index in [4.69, 9.17) is 0 Å². The number of para-hydroxylation sites is 3. The Balaban J connectivity index is 1.05. The number of unbranched alkanes of at least 4 members (excludes halogenated alkanes) is 18. The standard InChI is InChI=1S/C105H123N3/c1-10-19-25-37-61-103(62-38-26-20-11-2)88-70-76(73-52-58-94-85(67-73)79-43-31-34-46-91(79)106(94)16-7)49-55-82(88)97-100(103)98-83-56-50-77(74-53-59-95-86(68-74)80-44-32-35-47-92(80)107(95)17-8)71-89(83)104(63-39-27-21-12-3,64-40-28-22-13-4)102(98)99-84-57-51-78(75-54-60-96-87(69-75)81-45-33-36-48-93(81)108(96)18-9)72-90(84)105(101(97)99,65-41-29-23-14-5)66-42-30-24-15-6/h31-36,43-60,67-72H,10-30,37-42,61-66H2,1-9H3. The highest BCUT2D eigenvalue weighted by atomic mass is 15.0. The lowest BCUT2D eigenvalue weighted by Gasteiger charge is -2.40. The zero-order chi connectivity index (χ0) is 74.1. The minimum absolute atomic E-state index is 0.220. The van der Waals surface area contributed by atoms with Crippen molar-refractivity contribution in [2.45, 2.75) is 291 Å². The van der Waals surface area contributed by atoms with Gasteiger partial charge >= 0.3 is 0 Å². The molecular formula is C105H123N3. The van der Waals surface area contributed by atoms with Gasteiger partial charge in [-0.15, -0.1) is 0 Å². The average molecular weight is 1430 g/mol. The molecule has 0 radical (unpaired) electrons. The number of aryl methyl sites for hydroxylation is 3. The molecule has 558 valence electrons. The molecule has 3 nitrogen and oxygen atoms in total. The molecule has 0 atom stereocenters. The number of nitrogens with zero attached hydrogens (tertiary/aromatic N) is 3. The third kappa shape index (κ3) is 12.4. The van der Waals surface area contributed by atoms with Crippen LogP contribution in [0.1, 0.15) is 288 Å². The molecule has 0 aliphatic heterocycles. The predicted octanol–water partition coefficient (Wildman–Crippen LogP) is 31.7. The fourth-order valence-electron chi connectivity index (χ4n) is 22.2. The highest BCUT2D eigenvalue weighted by Crippen LogP contribution is 2.72. The summed E-state index contributed by atoms with van der Waals surface area (Å²) < 4.78 is 7.61. The minimum atomic E-state index is -0.220. The van der Waals surface area contributed by atoms with Gasteiger partial charge in [0.05, 0.1) is 0 Å². The highest BCUT2D eigenvalue weighted by Gasteiger charge is 2.58. The van der Waals surface area contributed by atoms with Crippen molar-refractivity contribution < 1.29 is 0 Å². The number of fused-ring (bicyclic) bond motifs is 21. The van der Waals surface area contributed by atoms with E-state index in [2.05, 4.69) is 258 Å². The van der Waals surface area contributed by atoms with E-state index in [0.717, 1.165) is 19.6 Å². The molecule has 0 fully saturated rings. The normalized spacial score (nSPS) is 14.3. The van der Waals surface area contributed by atoms with Crippen molar-refractivity contribution in [3.63, 3.8) is 0 Å². The predicted molar refractivity (Wildman–Crippen MR) is 470 cm³/mol. The van der Waals surface area contributed by atoms with Crippen molar-refractivity contribution >= 4 is 65.4 Å². The summed E-state index contributed by atoms with van der Waals surface area (Å²) in [6, 6.07) is 74.7. The maximum absolute atomic E-state index is 2.84. The Morgan fingerprint density at radius 2 is 0.435 bits per heavy atom. The molecular weight excluding hydrogens is 1300 g/mol. The first-order valence-electron chi connectivity index (χ1n) is 43.9. The van der Waals surface area contributed by atoms with Crippen molar-refractivity contribution in [2.24, 2.45) is 0 Å². The van der Waals surface area contributed by atoms with Crippen molar-refractivity contribution in [1.29, 1.82) is 0 Å². The number of hydrogen-bond donors (Lipinski definition) is 0. The Morgan fingerprint density at radius 3 is 0.676 bits per heavy atom. The Bertz CT molecular complexity index is 4830. The maximum atomic E-state index is 2.84. The molecule has 3 heterocycles. The summed E-state index contributed by atoms with van der Waals surface area (Å²) in [6.45, 7) is 24.4. The molecule has 16 rings (SSSR count). The third-order valence-electron chi connectivity index (χ3n) is 27.4. The summed E-state index contributed by atoms with van der Waals surface area (Å²) in [5.41, 5.74) is 35.3. The van der Waals surface area contributed by atoms with E-state index in [1.165, 1.54) is 291 Å². The quantitative estimate of drug-likeness (QED) is 0.0348. The highest BCUT2D eigenvalue weighted by molar-refractivity contribution is 6.13.